The van der Waals surface area contributed by atoms with E-state index in [9.17, 15) is 39.3 Å². The van der Waals surface area contributed by atoms with E-state index in [1.54, 1.807) is 38.1 Å². The molecule has 5 rings (SSSR count). The van der Waals surface area contributed by atoms with Crippen LogP contribution in [-0.2, 0) is 30.5 Å². The Morgan fingerprint density at radius 2 is 1.77 bits per heavy atom. The molecule has 0 radical (unpaired) electrons. The third kappa shape index (κ3) is 5.97. The number of carbonyl (C=O) groups is 5. The van der Waals surface area contributed by atoms with E-state index in [1.165, 1.54) is 40.9 Å². The van der Waals surface area contributed by atoms with Gasteiger partial charge in [-0.3, -0.25) is 19.3 Å². The Morgan fingerprint density at radius 1 is 1.09 bits per heavy atom. The maximum Gasteiger partial charge on any atom is 0.410 e. The van der Waals surface area contributed by atoms with Gasteiger partial charge in [-0.1, -0.05) is 42.5 Å². The highest BCUT2D eigenvalue weighted by atomic mass is 32.2. The lowest BCUT2D eigenvalue weighted by Crippen LogP contribution is -2.71. The topological polar surface area (TPSA) is 186 Å². The average molecular weight is 613 g/mol. The molecule has 5 N–H and O–H groups in total. The second-order valence-corrected chi connectivity index (χ2v) is 13.0. The van der Waals surface area contributed by atoms with E-state index in [0.29, 0.717) is 0 Å². The zero-order chi connectivity index (χ0) is 31.1. The van der Waals surface area contributed by atoms with Crippen molar-refractivity contribution in [1.82, 2.24) is 20.4 Å². The van der Waals surface area contributed by atoms with E-state index in [4.69, 9.17) is 4.74 Å². The number of amides is 4. The Bertz CT molecular complexity index is 1420. The molecule has 3 aliphatic rings. The highest BCUT2D eigenvalue weighted by Crippen LogP contribution is 2.50. The standard InChI is InChI=1S/C29H32N4O9S/c1-29(2)22(27(39)40)33-25(38)21(26(33)43-29)31-24(37)20(16-8-10-17(34)11-9-16)30-23(36)19-12-18(35)13-32(19)28(41)42-14-15-6-4-3-5-7-15/h3-11,18-22,26,34-35H,12-14H2,1-2H3,(H,30,36)(H,31,37)(H,39,40)/t18?,19-,20?,21+,22-,26+/m0/s1. The van der Waals surface area contributed by atoms with Gasteiger partial charge in [0.25, 0.3) is 0 Å². The number of thioether (sulfide) groups is 1. The number of nitrogens with one attached hydrogen (secondary N) is 2. The Labute approximate surface area is 251 Å². The minimum absolute atomic E-state index is 0.0374. The largest absolute Gasteiger partial charge is 0.508 e. The fourth-order valence-electron chi connectivity index (χ4n) is 5.65. The summed E-state index contributed by atoms with van der Waals surface area (Å²) in [5.41, 5.74) is 1.02. The molecule has 13 nitrogen and oxygen atoms in total. The maximum absolute atomic E-state index is 13.6. The Morgan fingerprint density at radius 3 is 2.42 bits per heavy atom. The van der Waals surface area contributed by atoms with E-state index < -0.39 is 70.2 Å². The molecule has 14 heteroatoms. The van der Waals surface area contributed by atoms with Crippen LogP contribution in [0.5, 0.6) is 5.75 Å². The summed E-state index contributed by atoms with van der Waals surface area (Å²) >= 11 is 1.26. The van der Waals surface area contributed by atoms with Crippen LogP contribution in [0.4, 0.5) is 4.79 Å². The fourth-order valence-corrected chi connectivity index (χ4v) is 7.28. The number of hydrogen-bond donors (Lipinski definition) is 5. The van der Waals surface area contributed by atoms with Crippen molar-refractivity contribution in [2.24, 2.45) is 0 Å². The molecule has 228 valence electrons. The zero-order valence-corrected chi connectivity index (χ0v) is 24.2. The number of aliphatic carboxylic acids is 1. The lowest BCUT2D eigenvalue weighted by atomic mass is 9.95. The number of β-amino-alcohol motifs (C(OH)–C–C–N with tert-alkyl or cyclic N) is 1. The van der Waals surface area contributed by atoms with Gasteiger partial charge >= 0.3 is 12.1 Å². The highest BCUT2D eigenvalue weighted by Gasteiger charge is 2.64. The van der Waals surface area contributed by atoms with Crippen molar-refractivity contribution >= 4 is 41.5 Å². The molecule has 3 aliphatic heterocycles. The number of carbonyl (C=O) groups excluding carboxylic acids is 4. The molecule has 2 aromatic rings. The summed E-state index contributed by atoms with van der Waals surface area (Å²) in [6.45, 7) is 3.25. The number of aliphatic hydroxyl groups excluding tert-OH is 1. The van der Waals surface area contributed by atoms with Gasteiger partial charge in [0.2, 0.25) is 17.7 Å². The number of β-lactam (4-membered cyclic amide) rings is 1. The van der Waals surface area contributed by atoms with Crippen molar-refractivity contribution in [3.8, 4) is 5.75 Å². The number of phenols is 1. The second kappa shape index (κ2) is 11.8. The number of likely N-dealkylation sites (tertiary alicyclic amines) is 1. The van der Waals surface area contributed by atoms with Crippen molar-refractivity contribution in [2.45, 2.75) is 67.3 Å². The predicted octanol–water partition coefficient (Wildman–Crippen LogP) is 0.953. The van der Waals surface area contributed by atoms with Crippen molar-refractivity contribution in [3.05, 3.63) is 65.7 Å². The molecule has 6 atom stereocenters. The number of rotatable bonds is 8. The van der Waals surface area contributed by atoms with Gasteiger partial charge in [0.05, 0.1) is 12.6 Å². The first-order valence-corrected chi connectivity index (χ1v) is 14.5. The first-order valence-electron chi connectivity index (χ1n) is 13.6. The van der Waals surface area contributed by atoms with Crippen LogP contribution in [-0.4, -0.2) is 95.8 Å². The van der Waals surface area contributed by atoms with Gasteiger partial charge in [-0.2, -0.15) is 0 Å². The summed E-state index contributed by atoms with van der Waals surface area (Å²) in [6.07, 6.45) is -1.89. The molecule has 0 aromatic heterocycles. The Hall–Kier alpha value is -4.30. The van der Waals surface area contributed by atoms with Crippen molar-refractivity contribution in [1.29, 1.82) is 0 Å². The number of hydrogen-bond acceptors (Lipinski definition) is 9. The van der Waals surface area contributed by atoms with Gasteiger partial charge < -0.3 is 35.6 Å². The summed E-state index contributed by atoms with van der Waals surface area (Å²) in [6, 6.07) is 9.90. The Balaban J connectivity index is 1.31. The number of phenolic OH excluding ortho intramolecular Hbond substituents is 1. The molecule has 0 aliphatic carbocycles. The minimum Gasteiger partial charge on any atom is -0.508 e. The fraction of sp³-hybridized carbons (Fsp3) is 0.414. The number of benzene rings is 2. The molecule has 4 amide bonds. The van der Waals surface area contributed by atoms with Crippen LogP contribution < -0.4 is 10.6 Å². The van der Waals surface area contributed by atoms with Gasteiger partial charge in [0.15, 0.2) is 0 Å². The van der Waals surface area contributed by atoms with E-state index in [0.717, 1.165) is 10.5 Å². The van der Waals surface area contributed by atoms with Crippen LogP contribution in [0.15, 0.2) is 54.6 Å². The molecule has 0 spiro atoms. The van der Waals surface area contributed by atoms with Gasteiger partial charge in [0.1, 0.15) is 41.9 Å². The smallest absolute Gasteiger partial charge is 0.410 e. The monoisotopic (exact) mass is 612 g/mol. The number of fused-ring (bicyclic) bond motifs is 1. The van der Waals surface area contributed by atoms with E-state index in [2.05, 4.69) is 10.6 Å². The van der Waals surface area contributed by atoms with Crippen LogP contribution in [0.2, 0.25) is 0 Å². The first-order chi connectivity index (χ1) is 20.4. The summed E-state index contributed by atoms with van der Waals surface area (Å²) in [4.78, 5) is 67.1. The molecule has 3 fully saturated rings. The summed E-state index contributed by atoms with van der Waals surface area (Å²) in [7, 11) is 0. The van der Waals surface area contributed by atoms with Gasteiger partial charge in [0, 0.05) is 11.2 Å². The van der Waals surface area contributed by atoms with E-state index >= 15 is 0 Å². The number of carboxylic acid groups (broad SMARTS) is 1. The lowest BCUT2D eigenvalue weighted by molar-refractivity contribution is -0.161. The second-order valence-electron chi connectivity index (χ2n) is 11.2. The molecule has 3 saturated heterocycles. The molecule has 43 heavy (non-hydrogen) atoms. The average Bonchev–Trinajstić information content (AvgIpc) is 3.49. The summed E-state index contributed by atoms with van der Waals surface area (Å²) in [5, 5.41) is 34.4. The third-order valence-corrected chi connectivity index (χ3v) is 9.34. The van der Waals surface area contributed by atoms with Crippen LogP contribution in [0, 0.1) is 0 Å². The van der Waals surface area contributed by atoms with Crippen molar-refractivity contribution in [2.75, 3.05) is 6.54 Å². The van der Waals surface area contributed by atoms with Gasteiger partial charge in [-0.05, 0) is 37.1 Å². The zero-order valence-electron chi connectivity index (χ0n) is 23.4. The van der Waals surface area contributed by atoms with Gasteiger partial charge in [-0.25, -0.2) is 9.59 Å². The van der Waals surface area contributed by atoms with Crippen molar-refractivity contribution in [3.63, 3.8) is 0 Å². The molecular weight excluding hydrogens is 580 g/mol. The van der Waals surface area contributed by atoms with E-state index in [1.807, 2.05) is 6.07 Å². The minimum atomic E-state index is -1.34. The number of ether oxygens (including phenoxy) is 1. The third-order valence-electron chi connectivity index (χ3n) is 7.77. The number of aromatic hydroxyl groups is 1. The highest BCUT2D eigenvalue weighted by molar-refractivity contribution is 8.01. The first kappa shape index (κ1) is 30.2. The molecule has 0 saturated carbocycles. The normalized spacial score (nSPS) is 26.2. The summed E-state index contributed by atoms with van der Waals surface area (Å²) < 4.78 is 4.57. The van der Waals surface area contributed by atoms with Crippen LogP contribution >= 0.6 is 11.8 Å². The van der Waals surface area contributed by atoms with Crippen molar-refractivity contribution < 1.29 is 44.0 Å². The van der Waals surface area contributed by atoms with Gasteiger partial charge in [-0.15, -0.1) is 11.8 Å². The number of nitrogens with zero attached hydrogens (tertiary/aromatic N) is 2. The predicted molar refractivity (Wildman–Crippen MR) is 152 cm³/mol. The van der Waals surface area contributed by atoms with Crippen LogP contribution in [0.1, 0.15) is 37.4 Å². The molecular formula is C29H32N4O9S. The van der Waals surface area contributed by atoms with Crippen LogP contribution in [0.25, 0.3) is 0 Å². The quantitative estimate of drug-likeness (QED) is 0.269. The lowest BCUT2D eigenvalue weighted by Gasteiger charge is -2.44. The molecule has 2 aromatic carbocycles. The van der Waals surface area contributed by atoms with E-state index in [-0.39, 0.29) is 30.9 Å². The SMILES string of the molecule is CC1(C)S[C@@H]2[C@H](NC(=O)C(NC(=O)[C@@H]3CC(O)CN3C(=O)OCc3ccccc3)c3ccc(O)cc3)C(=O)N2[C@H]1C(=O)O. The molecule has 3 heterocycles. The van der Waals surface area contributed by atoms with Crippen LogP contribution in [0.3, 0.4) is 0 Å². The number of carboxylic acids is 1. The molecule has 2 unspecified atom stereocenters. The molecule has 0 bridgehead atoms. The maximum atomic E-state index is 13.6. The number of aliphatic hydroxyl groups is 1. The summed E-state index contributed by atoms with van der Waals surface area (Å²) in [5.74, 6) is -3.24. The Kier molecular flexibility index (Phi) is 8.25.